The Hall–Kier alpha value is -0.910. The molecule has 2 aromatic rings. The highest BCUT2D eigenvalue weighted by atomic mass is 35.5. The molecule has 18 heavy (non-hydrogen) atoms. The molecule has 0 unspecified atom stereocenters. The topological polar surface area (TPSA) is 50.9 Å². The van der Waals surface area contributed by atoms with Gasteiger partial charge in [0.1, 0.15) is 5.82 Å². The first-order valence-electron chi connectivity index (χ1n) is 5.80. The van der Waals surface area contributed by atoms with Crippen LogP contribution in [0.3, 0.4) is 0 Å². The molecular formula is C12H15ClFN3S. The monoisotopic (exact) mass is 287 g/mol. The Morgan fingerprint density at radius 1 is 1.39 bits per heavy atom. The highest BCUT2D eigenvalue weighted by Gasteiger charge is 2.24. The van der Waals surface area contributed by atoms with E-state index >= 15 is 0 Å². The molecule has 1 aliphatic carbocycles. The lowest BCUT2D eigenvalue weighted by Gasteiger charge is -2.15. The fraction of sp³-hybridized carbons (Fsp3) is 0.417. The van der Waals surface area contributed by atoms with Crippen LogP contribution >= 0.6 is 23.7 Å². The third-order valence-electron chi connectivity index (χ3n) is 3.23. The summed E-state index contributed by atoms with van der Waals surface area (Å²) in [6.07, 6.45) is 3.32. The SMILES string of the molecule is Cl.N[C@H]1CCC[C@@H]1Nc1nc2ccc(F)cc2s1. The summed E-state index contributed by atoms with van der Waals surface area (Å²) in [7, 11) is 0. The molecule has 1 aromatic heterocycles. The highest BCUT2D eigenvalue weighted by Crippen LogP contribution is 2.29. The van der Waals surface area contributed by atoms with Crippen LogP contribution in [0.1, 0.15) is 19.3 Å². The van der Waals surface area contributed by atoms with Gasteiger partial charge in [0.15, 0.2) is 5.13 Å². The van der Waals surface area contributed by atoms with Gasteiger partial charge in [-0.2, -0.15) is 0 Å². The van der Waals surface area contributed by atoms with Crippen LogP contribution in [0, 0.1) is 5.82 Å². The number of hydrogen-bond acceptors (Lipinski definition) is 4. The molecule has 0 bridgehead atoms. The Kier molecular flexibility index (Phi) is 4.04. The van der Waals surface area contributed by atoms with Gasteiger partial charge in [-0.05, 0) is 37.5 Å². The van der Waals surface area contributed by atoms with E-state index in [2.05, 4.69) is 10.3 Å². The number of rotatable bonds is 2. The molecule has 1 heterocycles. The molecule has 0 aliphatic heterocycles. The maximum Gasteiger partial charge on any atom is 0.184 e. The summed E-state index contributed by atoms with van der Waals surface area (Å²) in [4.78, 5) is 4.44. The highest BCUT2D eigenvalue weighted by molar-refractivity contribution is 7.22. The number of nitrogens with two attached hydrogens (primary N) is 1. The minimum atomic E-state index is -0.217. The summed E-state index contributed by atoms with van der Waals surface area (Å²) < 4.78 is 13.9. The largest absolute Gasteiger partial charge is 0.357 e. The smallest absolute Gasteiger partial charge is 0.184 e. The fourth-order valence-electron chi connectivity index (χ4n) is 2.29. The second-order valence-electron chi connectivity index (χ2n) is 4.48. The Bertz CT molecular complexity index is 545. The van der Waals surface area contributed by atoms with Gasteiger partial charge >= 0.3 is 0 Å². The lowest BCUT2D eigenvalue weighted by Crippen LogP contribution is -2.35. The van der Waals surface area contributed by atoms with E-state index in [1.54, 1.807) is 6.07 Å². The van der Waals surface area contributed by atoms with E-state index in [0.717, 1.165) is 28.2 Å². The van der Waals surface area contributed by atoms with Gasteiger partial charge in [0.25, 0.3) is 0 Å². The van der Waals surface area contributed by atoms with Crippen molar-refractivity contribution in [3.05, 3.63) is 24.0 Å². The van der Waals surface area contributed by atoms with Crippen LogP contribution in [0.2, 0.25) is 0 Å². The Morgan fingerprint density at radius 3 is 2.94 bits per heavy atom. The molecule has 98 valence electrons. The molecule has 3 N–H and O–H groups in total. The van der Waals surface area contributed by atoms with E-state index < -0.39 is 0 Å². The standard InChI is InChI=1S/C12H14FN3S.ClH/c13-7-4-5-10-11(6-7)17-12(16-10)15-9-3-1-2-8(9)14;/h4-6,8-9H,1-3,14H2,(H,15,16);1H/t8-,9-;/m0./s1. The van der Waals surface area contributed by atoms with Gasteiger partial charge in [-0.25, -0.2) is 9.37 Å². The zero-order chi connectivity index (χ0) is 11.8. The van der Waals surface area contributed by atoms with E-state index in [4.69, 9.17) is 5.73 Å². The number of halogens is 2. The molecule has 0 spiro atoms. The molecular weight excluding hydrogens is 273 g/mol. The molecule has 3 rings (SSSR count). The number of nitrogens with one attached hydrogen (secondary N) is 1. The quantitative estimate of drug-likeness (QED) is 0.892. The van der Waals surface area contributed by atoms with Gasteiger partial charge in [-0.3, -0.25) is 0 Å². The summed E-state index contributed by atoms with van der Waals surface area (Å²) in [6, 6.07) is 5.18. The normalized spacial score (nSPS) is 23.0. The van der Waals surface area contributed by atoms with Crippen molar-refractivity contribution >= 4 is 39.1 Å². The van der Waals surface area contributed by atoms with Crippen molar-refractivity contribution in [1.29, 1.82) is 0 Å². The predicted molar refractivity (Wildman–Crippen MR) is 76.1 cm³/mol. The predicted octanol–water partition coefficient (Wildman–Crippen LogP) is 3.15. The summed E-state index contributed by atoms with van der Waals surface area (Å²) in [5, 5.41) is 4.20. The maximum absolute atomic E-state index is 13.1. The van der Waals surface area contributed by atoms with Crippen LogP contribution in [-0.2, 0) is 0 Å². The van der Waals surface area contributed by atoms with Gasteiger partial charge in [-0.15, -0.1) is 12.4 Å². The Morgan fingerprint density at radius 2 is 2.22 bits per heavy atom. The van der Waals surface area contributed by atoms with Crippen molar-refractivity contribution in [3.8, 4) is 0 Å². The van der Waals surface area contributed by atoms with Crippen molar-refractivity contribution in [2.45, 2.75) is 31.3 Å². The van der Waals surface area contributed by atoms with Crippen molar-refractivity contribution in [1.82, 2.24) is 4.98 Å². The molecule has 0 amide bonds. The average Bonchev–Trinajstić information content (AvgIpc) is 2.85. The van der Waals surface area contributed by atoms with E-state index in [-0.39, 0.29) is 24.3 Å². The second-order valence-corrected chi connectivity index (χ2v) is 5.51. The Balaban J connectivity index is 0.00000120. The number of fused-ring (bicyclic) bond motifs is 1. The minimum Gasteiger partial charge on any atom is -0.357 e. The minimum absolute atomic E-state index is 0. The van der Waals surface area contributed by atoms with E-state index in [0.29, 0.717) is 6.04 Å². The lowest BCUT2D eigenvalue weighted by atomic mass is 10.2. The number of benzene rings is 1. The zero-order valence-electron chi connectivity index (χ0n) is 9.73. The van der Waals surface area contributed by atoms with E-state index in [1.807, 2.05) is 0 Å². The zero-order valence-corrected chi connectivity index (χ0v) is 11.4. The number of aromatic nitrogens is 1. The van der Waals surface area contributed by atoms with Crippen molar-refractivity contribution in [3.63, 3.8) is 0 Å². The van der Waals surface area contributed by atoms with Crippen molar-refractivity contribution in [2.75, 3.05) is 5.32 Å². The molecule has 2 atom stereocenters. The summed E-state index contributed by atoms with van der Waals surface area (Å²) >= 11 is 1.48. The van der Waals surface area contributed by atoms with Crippen LogP contribution in [0.4, 0.5) is 9.52 Å². The summed E-state index contributed by atoms with van der Waals surface area (Å²) in [5.41, 5.74) is 6.84. The molecule has 1 saturated carbocycles. The second kappa shape index (κ2) is 5.38. The lowest BCUT2D eigenvalue weighted by molar-refractivity contribution is 0.630. The van der Waals surface area contributed by atoms with Crippen LogP contribution in [0.25, 0.3) is 10.2 Å². The van der Waals surface area contributed by atoms with Crippen LogP contribution in [0.5, 0.6) is 0 Å². The summed E-state index contributed by atoms with van der Waals surface area (Å²) in [6.45, 7) is 0. The van der Waals surface area contributed by atoms with Crippen molar-refractivity contribution < 1.29 is 4.39 Å². The van der Waals surface area contributed by atoms with Gasteiger partial charge < -0.3 is 11.1 Å². The van der Waals surface area contributed by atoms with Crippen molar-refractivity contribution in [2.24, 2.45) is 5.73 Å². The van der Waals surface area contributed by atoms with E-state index in [9.17, 15) is 4.39 Å². The van der Waals surface area contributed by atoms with Crippen LogP contribution in [0.15, 0.2) is 18.2 Å². The number of hydrogen-bond donors (Lipinski definition) is 2. The Labute approximate surface area is 115 Å². The van der Waals surface area contributed by atoms with E-state index in [1.165, 1.54) is 29.9 Å². The van der Waals surface area contributed by atoms with Gasteiger partial charge in [-0.1, -0.05) is 11.3 Å². The molecule has 3 nitrogen and oxygen atoms in total. The van der Waals surface area contributed by atoms with Gasteiger partial charge in [0.2, 0.25) is 0 Å². The maximum atomic E-state index is 13.1. The number of thiazole rings is 1. The molecule has 6 heteroatoms. The number of anilines is 1. The van der Waals surface area contributed by atoms with Gasteiger partial charge in [0, 0.05) is 12.1 Å². The van der Waals surface area contributed by atoms with Crippen LogP contribution in [-0.4, -0.2) is 17.1 Å². The third-order valence-corrected chi connectivity index (χ3v) is 4.18. The average molecular weight is 288 g/mol. The first-order chi connectivity index (χ1) is 8.22. The molecule has 1 aromatic carbocycles. The number of nitrogens with zero attached hydrogens (tertiary/aromatic N) is 1. The molecule has 1 aliphatic rings. The van der Waals surface area contributed by atoms with Crippen LogP contribution < -0.4 is 11.1 Å². The fourth-order valence-corrected chi connectivity index (χ4v) is 3.24. The van der Waals surface area contributed by atoms with Gasteiger partial charge in [0.05, 0.1) is 10.2 Å². The summed E-state index contributed by atoms with van der Waals surface area (Å²) in [5.74, 6) is -0.217. The molecule has 1 fully saturated rings. The molecule has 0 radical (unpaired) electrons. The third kappa shape index (κ3) is 2.58. The first kappa shape index (κ1) is 13.5. The first-order valence-corrected chi connectivity index (χ1v) is 6.62. The molecule has 0 saturated heterocycles.